The van der Waals surface area contributed by atoms with E-state index in [1.165, 1.54) is 13.2 Å². The maximum absolute atomic E-state index is 12.0. The van der Waals surface area contributed by atoms with Crippen molar-refractivity contribution >= 4 is 28.7 Å². The number of benzene rings is 2. The molecule has 1 aliphatic rings. The van der Waals surface area contributed by atoms with Crippen LogP contribution in [0.2, 0.25) is 0 Å². The number of hydrogen-bond donors (Lipinski definition) is 1. The van der Waals surface area contributed by atoms with Crippen LogP contribution in [0.1, 0.15) is 40.3 Å². The molecule has 0 aliphatic carbocycles. The molecule has 0 radical (unpaired) electrons. The smallest absolute Gasteiger partial charge is 0.296 e. The molecule has 3 heterocycles. The average Bonchev–Trinajstić information content (AvgIpc) is 3.39. The lowest BCUT2D eigenvalue weighted by Gasteiger charge is -2.28. The van der Waals surface area contributed by atoms with Gasteiger partial charge >= 0.3 is 0 Å². The lowest BCUT2D eigenvalue weighted by atomic mass is 9.96. The molecule has 1 fully saturated rings. The average molecular weight is 514 g/mol. The normalized spacial score (nSPS) is 17.1. The zero-order valence-electron chi connectivity index (χ0n) is 21.0. The van der Waals surface area contributed by atoms with E-state index in [1.807, 2.05) is 48.7 Å². The number of methoxy groups -OCH3 is 1. The molecule has 2 atom stereocenters. The molecule has 1 aliphatic heterocycles. The van der Waals surface area contributed by atoms with Gasteiger partial charge in [0.25, 0.3) is 5.69 Å². The lowest BCUT2D eigenvalue weighted by molar-refractivity contribution is -0.384. The third-order valence-corrected chi connectivity index (χ3v) is 7.10. The minimum atomic E-state index is -0.377. The highest BCUT2D eigenvalue weighted by molar-refractivity contribution is 7.80. The van der Waals surface area contributed by atoms with E-state index in [9.17, 15) is 10.1 Å². The van der Waals surface area contributed by atoms with Gasteiger partial charge in [-0.1, -0.05) is 18.2 Å². The molecule has 188 valence electrons. The molecule has 2 aromatic carbocycles. The van der Waals surface area contributed by atoms with Crippen LogP contribution in [0.15, 0.2) is 72.9 Å². The number of hydrogen-bond acceptors (Lipinski definition) is 5. The number of nitro benzene ring substituents is 1. The first-order valence-electron chi connectivity index (χ1n) is 11.9. The maximum atomic E-state index is 12.0. The molecule has 37 heavy (non-hydrogen) atoms. The topological polar surface area (TPSA) is 85.5 Å². The molecule has 1 saturated heterocycles. The Hall–Kier alpha value is -4.24. The van der Waals surface area contributed by atoms with Crippen LogP contribution in [-0.2, 0) is 0 Å². The van der Waals surface area contributed by atoms with Gasteiger partial charge in [0.2, 0.25) is 0 Å². The second-order valence-electron chi connectivity index (χ2n) is 9.11. The second-order valence-corrected chi connectivity index (χ2v) is 9.50. The first-order valence-corrected chi connectivity index (χ1v) is 12.3. The molecular weight excluding hydrogens is 486 g/mol. The van der Waals surface area contributed by atoms with Crippen LogP contribution >= 0.6 is 12.2 Å². The highest BCUT2D eigenvalue weighted by Gasteiger charge is 2.42. The minimum Gasteiger partial charge on any atom is -0.496 e. The Morgan fingerprint density at radius 3 is 2.54 bits per heavy atom. The quantitative estimate of drug-likeness (QED) is 0.195. The van der Waals surface area contributed by atoms with Crippen molar-refractivity contribution < 1.29 is 9.66 Å². The molecular formula is C28H27N5O3S. The number of nitro groups is 1. The summed E-state index contributed by atoms with van der Waals surface area (Å²) >= 11 is 5.86. The Bertz CT molecular complexity index is 1500. The van der Waals surface area contributed by atoms with Crippen LogP contribution in [0.25, 0.3) is 5.69 Å². The van der Waals surface area contributed by atoms with Gasteiger partial charge in [-0.15, -0.1) is 0 Å². The van der Waals surface area contributed by atoms with E-state index in [0.717, 1.165) is 33.9 Å². The summed E-state index contributed by atoms with van der Waals surface area (Å²) in [7, 11) is 1.50. The molecule has 4 aromatic rings. The Labute approximate surface area is 220 Å². The van der Waals surface area contributed by atoms with Crippen molar-refractivity contribution in [2.45, 2.75) is 32.9 Å². The Balaban J connectivity index is 1.71. The Morgan fingerprint density at radius 1 is 1.05 bits per heavy atom. The SMILES string of the molecule is COc1ccc(-n2c(C)cc([C@H]3[C@@H](c4ccccn4)NC(=S)N3c3cccc(C)c3)c2C)c([N+](=O)[O-])c1. The molecule has 5 rings (SSSR count). The van der Waals surface area contributed by atoms with Gasteiger partial charge in [-0.3, -0.25) is 15.1 Å². The standard InChI is InChI=1S/C28H27N5O3S/c1-17-8-7-9-20(14-17)32-27(26(30-28(32)37)23-10-5-6-13-29-23)22-15-18(2)31(19(22)3)24-12-11-21(36-4)16-25(24)33(34)35/h5-16,26-27H,1-4H3,(H,30,37)/t26-,27+/m1/s1. The third-order valence-electron chi connectivity index (χ3n) is 6.79. The number of nitrogens with zero attached hydrogens (tertiary/aromatic N) is 4. The number of ether oxygens (including phenoxy) is 1. The van der Waals surface area contributed by atoms with Crippen LogP contribution in [-0.4, -0.2) is 26.7 Å². The van der Waals surface area contributed by atoms with Crippen molar-refractivity contribution in [1.82, 2.24) is 14.9 Å². The van der Waals surface area contributed by atoms with Crippen molar-refractivity contribution in [3.63, 3.8) is 0 Å². The summed E-state index contributed by atoms with van der Waals surface area (Å²) < 4.78 is 7.17. The van der Waals surface area contributed by atoms with Crippen LogP contribution in [0, 0.1) is 30.9 Å². The summed E-state index contributed by atoms with van der Waals surface area (Å²) in [6.45, 7) is 6.00. The molecule has 0 amide bonds. The summed E-state index contributed by atoms with van der Waals surface area (Å²) in [6.07, 6.45) is 1.77. The highest BCUT2D eigenvalue weighted by Crippen LogP contribution is 2.44. The number of aryl methyl sites for hydroxylation is 2. The van der Waals surface area contributed by atoms with Crippen molar-refractivity contribution in [2.75, 3.05) is 12.0 Å². The number of thiocarbonyl (C=S) groups is 1. The zero-order valence-corrected chi connectivity index (χ0v) is 21.8. The van der Waals surface area contributed by atoms with E-state index in [1.54, 1.807) is 18.3 Å². The molecule has 0 unspecified atom stereocenters. The molecule has 0 spiro atoms. The number of anilines is 1. The van der Waals surface area contributed by atoms with E-state index in [4.69, 9.17) is 17.0 Å². The molecule has 0 saturated carbocycles. The van der Waals surface area contributed by atoms with Crippen molar-refractivity contribution in [3.8, 4) is 11.4 Å². The lowest BCUT2D eigenvalue weighted by Crippen LogP contribution is -2.29. The highest BCUT2D eigenvalue weighted by atomic mass is 32.1. The second kappa shape index (κ2) is 9.67. The van der Waals surface area contributed by atoms with Crippen LogP contribution < -0.4 is 15.0 Å². The minimum absolute atomic E-state index is 0.0235. The summed E-state index contributed by atoms with van der Waals surface area (Å²) in [4.78, 5) is 18.4. The number of nitrogens with one attached hydrogen (secondary N) is 1. The van der Waals surface area contributed by atoms with Gasteiger partial charge in [-0.2, -0.15) is 0 Å². The summed E-state index contributed by atoms with van der Waals surface area (Å²) in [5.41, 5.74) is 6.20. The predicted molar refractivity (Wildman–Crippen MR) is 148 cm³/mol. The summed E-state index contributed by atoms with van der Waals surface area (Å²) in [5.74, 6) is 0.435. The first kappa shape index (κ1) is 24.5. The fourth-order valence-corrected chi connectivity index (χ4v) is 5.50. The van der Waals surface area contributed by atoms with Gasteiger partial charge in [0, 0.05) is 23.3 Å². The summed E-state index contributed by atoms with van der Waals surface area (Å²) in [5, 5.41) is 16.1. The molecule has 2 aromatic heterocycles. The van der Waals surface area contributed by atoms with Crippen LogP contribution in [0.5, 0.6) is 5.75 Å². The van der Waals surface area contributed by atoms with Gasteiger partial charge in [0.15, 0.2) is 5.11 Å². The monoisotopic (exact) mass is 513 g/mol. The van der Waals surface area contributed by atoms with Crippen molar-refractivity contribution in [1.29, 1.82) is 0 Å². The summed E-state index contributed by atoms with van der Waals surface area (Å²) in [6, 6.07) is 20.6. The van der Waals surface area contributed by atoms with E-state index in [2.05, 4.69) is 40.3 Å². The van der Waals surface area contributed by atoms with E-state index < -0.39 is 0 Å². The van der Waals surface area contributed by atoms with Crippen molar-refractivity contribution in [3.05, 3.63) is 111 Å². The largest absolute Gasteiger partial charge is 0.496 e. The third kappa shape index (κ3) is 4.31. The number of pyridine rings is 1. The molecule has 1 N–H and O–H groups in total. The van der Waals surface area contributed by atoms with Crippen LogP contribution in [0.4, 0.5) is 11.4 Å². The van der Waals surface area contributed by atoms with E-state index >= 15 is 0 Å². The fourth-order valence-electron chi connectivity index (χ4n) is 5.15. The van der Waals surface area contributed by atoms with E-state index in [0.29, 0.717) is 16.5 Å². The predicted octanol–water partition coefficient (Wildman–Crippen LogP) is 5.89. The molecule has 0 bridgehead atoms. The van der Waals surface area contributed by atoms with Gasteiger partial charge < -0.3 is 19.5 Å². The van der Waals surface area contributed by atoms with Crippen molar-refractivity contribution in [2.24, 2.45) is 0 Å². The number of rotatable bonds is 6. The maximum Gasteiger partial charge on any atom is 0.296 e. The van der Waals surface area contributed by atoms with Gasteiger partial charge in [-0.05, 0) is 86.6 Å². The first-order chi connectivity index (χ1) is 17.8. The Morgan fingerprint density at radius 2 is 1.86 bits per heavy atom. The zero-order chi connectivity index (χ0) is 26.3. The van der Waals surface area contributed by atoms with Gasteiger partial charge in [0.05, 0.1) is 35.9 Å². The Kier molecular flexibility index (Phi) is 6.39. The molecule has 9 heteroatoms. The fraction of sp³-hybridized carbons (Fsp3) is 0.214. The van der Waals surface area contributed by atoms with Gasteiger partial charge in [-0.25, -0.2) is 0 Å². The number of aromatic nitrogens is 2. The van der Waals surface area contributed by atoms with E-state index in [-0.39, 0.29) is 22.7 Å². The van der Waals surface area contributed by atoms with Crippen LogP contribution in [0.3, 0.4) is 0 Å². The van der Waals surface area contributed by atoms with Gasteiger partial charge in [0.1, 0.15) is 11.4 Å². The molecule has 8 nitrogen and oxygen atoms in total.